The van der Waals surface area contributed by atoms with E-state index in [9.17, 15) is 4.79 Å². The first-order valence-corrected chi connectivity index (χ1v) is 11.4. The molecule has 2 aromatic carbocycles. The first kappa shape index (κ1) is 22.9. The molecule has 0 saturated heterocycles. The fraction of sp³-hybridized carbons (Fsp3) is 0.360. The molecule has 1 aliphatic rings. The topological polar surface area (TPSA) is 107 Å². The number of nitrogens with one attached hydrogen (secondary N) is 1. The third-order valence-corrected chi connectivity index (χ3v) is 5.90. The molecule has 0 radical (unpaired) electrons. The lowest BCUT2D eigenvalue weighted by atomic mass is 10.1. The van der Waals surface area contributed by atoms with Crippen LogP contribution in [0.4, 0.5) is 0 Å². The van der Waals surface area contributed by atoms with E-state index in [2.05, 4.69) is 46.2 Å². The third kappa shape index (κ3) is 4.83. The standard InChI is InChI=1S/C25H28N6O4/c1-25(2,3)31-23(27-28-29-31)14-30(12-16-5-8-21-22(9-16)35-15-34-21)13-18-10-17-11-19(33-4)6-7-20(17)26-24(18)32/h5-11H,12-15H2,1-4H3,(H,26,32). The summed E-state index contributed by atoms with van der Waals surface area (Å²) >= 11 is 0. The van der Waals surface area contributed by atoms with Crippen LogP contribution in [0.3, 0.4) is 0 Å². The molecule has 4 aromatic rings. The summed E-state index contributed by atoms with van der Waals surface area (Å²) < 4.78 is 18.2. The maximum Gasteiger partial charge on any atom is 0.252 e. The number of hydrogen-bond acceptors (Lipinski definition) is 8. The summed E-state index contributed by atoms with van der Waals surface area (Å²) in [7, 11) is 1.63. The second-order valence-corrected chi connectivity index (χ2v) is 9.59. The molecule has 0 aliphatic carbocycles. The molecule has 2 aromatic heterocycles. The van der Waals surface area contributed by atoms with E-state index in [1.54, 1.807) is 7.11 Å². The Hall–Kier alpha value is -3.92. The molecule has 1 aliphatic heterocycles. The molecule has 0 fully saturated rings. The Kier molecular flexibility index (Phi) is 5.89. The molecule has 1 N–H and O–H groups in total. The van der Waals surface area contributed by atoms with Gasteiger partial charge in [0.2, 0.25) is 6.79 Å². The van der Waals surface area contributed by atoms with E-state index in [0.29, 0.717) is 25.2 Å². The average Bonchev–Trinajstić information content (AvgIpc) is 3.48. The molecule has 182 valence electrons. The molecular weight excluding hydrogens is 448 g/mol. The zero-order chi connectivity index (χ0) is 24.6. The van der Waals surface area contributed by atoms with Gasteiger partial charge < -0.3 is 19.2 Å². The number of benzene rings is 2. The Morgan fingerprint density at radius 3 is 2.69 bits per heavy atom. The van der Waals surface area contributed by atoms with Gasteiger partial charge in [0.25, 0.3) is 5.56 Å². The minimum Gasteiger partial charge on any atom is -0.497 e. The summed E-state index contributed by atoms with van der Waals surface area (Å²) in [5, 5.41) is 13.3. The zero-order valence-corrected chi connectivity index (χ0v) is 20.2. The zero-order valence-electron chi connectivity index (χ0n) is 20.2. The first-order chi connectivity index (χ1) is 16.8. The molecule has 0 atom stereocenters. The molecule has 10 heteroatoms. The highest BCUT2D eigenvalue weighted by Gasteiger charge is 2.23. The van der Waals surface area contributed by atoms with Crippen LogP contribution in [0.2, 0.25) is 0 Å². The van der Waals surface area contributed by atoms with E-state index in [4.69, 9.17) is 14.2 Å². The van der Waals surface area contributed by atoms with Gasteiger partial charge in [-0.05, 0) is 73.2 Å². The van der Waals surface area contributed by atoms with Crippen LogP contribution in [0.15, 0.2) is 47.3 Å². The van der Waals surface area contributed by atoms with Gasteiger partial charge in [0, 0.05) is 29.6 Å². The van der Waals surface area contributed by atoms with Crippen molar-refractivity contribution >= 4 is 10.9 Å². The Labute approximate surface area is 202 Å². The number of pyridine rings is 1. The van der Waals surface area contributed by atoms with Gasteiger partial charge in [-0.2, -0.15) is 0 Å². The summed E-state index contributed by atoms with van der Waals surface area (Å²) in [5.74, 6) is 2.91. The highest BCUT2D eigenvalue weighted by molar-refractivity contribution is 5.80. The first-order valence-electron chi connectivity index (χ1n) is 11.4. The van der Waals surface area contributed by atoms with E-state index < -0.39 is 0 Å². The van der Waals surface area contributed by atoms with E-state index in [1.165, 1.54) is 0 Å². The quantitative estimate of drug-likeness (QED) is 0.433. The highest BCUT2D eigenvalue weighted by atomic mass is 16.7. The summed E-state index contributed by atoms with van der Waals surface area (Å²) in [4.78, 5) is 18.1. The van der Waals surface area contributed by atoms with Gasteiger partial charge in [-0.15, -0.1) is 5.10 Å². The van der Waals surface area contributed by atoms with E-state index in [-0.39, 0.29) is 17.9 Å². The van der Waals surface area contributed by atoms with E-state index >= 15 is 0 Å². The SMILES string of the molecule is COc1ccc2[nH]c(=O)c(CN(Cc3ccc4c(c3)OCO4)Cc3nnnn3C(C)(C)C)cc2c1. The van der Waals surface area contributed by atoms with Crippen molar-refractivity contribution in [3.05, 3.63) is 69.8 Å². The Balaban J connectivity index is 1.49. The van der Waals surface area contributed by atoms with Crippen LogP contribution in [0.25, 0.3) is 10.9 Å². The van der Waals surface area contributed by atoms with E-state index in [1.807, 2.05) is 47.1 Å². The molecule has 10 nitrogen and oxygen atoms in total. The number of tetrazole rings is 1. The number of methoxy groups -OCH3 is 1. The summed E-state index contributed by atoms with van der Waals surface area (Å²) in [5.41, 5.74) is 2.02. The Morgan fingerprint density at radius 2 is 1.89 bits per heavy atom. The summed E-state index contributed by atoms with van der Waals surface area (Å²) in [6.07, 6.45) is 0. The minimum absolute atomic E-state index is 0.131. The lowest BCUT2D eigenvalue weighted by Crippen LogP contribution is -2.31. The lowest BCUT2D eigenvalue weighted by Gasteiger charge is -2.25. The largest absolute Gasteiger partial charge is 0.497 e. The van der Waals surface area contributed by atoms with Gasteiger partial charge in [-0.3, -0.25) is 9.69 Å². The average molecular weight is 477 g/mol. The maximum atomic E-state index is 13.0. The van der Waals surface area contributed by atoms with Gasteiger partial charge >= 0.3 is 0 Å². The fourth-order valence-electron chi connectivity index (χ4n) is 4.21. The van der Waals surface area contributed by atoms with Crippen LogP contribution < -0.4 is 19.8 Å². The van der Waals surface area contributed by atoms with Gasteiger partial charge in [0.1, 0.15) is 5.75 Å². The number of nitrogens with zero attached hydrogens (tertiary/aromatic N) is 5. The van der Waals surface area contributed by atoms with Crippen LogP contribution in [-0.2, 0) is 25.2 Å². The smallest absolute Gasteiger partial charge is 0.252 e. The van der Waals surface area contributed by atoms with Gasteiger partial charge in [0.15, 0.2) is 17.3 Å². The number of ether oxygens (including phenoxy) is 3. The molecule has 0 unspecified atom stereocenters. The van der Waals surface area contributed by atoms with E-state index in [0.717, 1.165) is 39.5 Å². The maximum absolute atomic E-state index is 13.0. The fourth-order valence-corrected chi connectivity index (χ4v) is 4.21. The second-order valence-electron chi connectivity index (χ2n) is 9.59. The number of aromatic amines is 1. The molecule has 3 heterocycles. The van der Waals surface area contributed by atoms with Crippen molar-refractivity contribution in [2.24, 2.45) is 0 Å². The lowest BCUT2D eigenvalue weighted by molar-refractivity contribution is 0.174. The van der Waals surface area contributed by atoms with Crippen molar-refractivity contribution in [2.75, 3.05) is 13.9 Å². The van der Waals surface area contributed by atoms with Crippen LogP contribution in [0.5, 0.6) is 17.2 Å². The van der Waals surface area contributed by atoms with Gasteiger partial charge in [-0.1, -0.05) is 6.07 Å². The monoisotopic (exact) mass is 476 g/mol. The Morgan fingerprint density at radius 1 is 1.06 bits per heavy atom. The molecule has 0 bridgehead atoms. The van der Waals surface area contributed by atoms with Crippen molar-refractivity contribution in [2.45, 2.75) is 45.9 Å². The number of rotatable bonds is 7. The predicted octanol–water partition coefficient (Wildman–Crippen LogP) is 3.21. The Bertz CT molecular complexity index is 1420. The molecule has 0 spiro atoms. The minimum atomic E-state index is -0.278. The third-order valence-electron chi connectivity index (χ3n) is 5.90. The molecule has 0 saturated carbocycles. The normalized spacial score (nSPS) is 13.1. The molecular formula is C25H28N6O4. The summed E-state index contributed by atoms with van der Waals surface area (Å²) in [6, 6.07) is 13.4. The molecule has 5 rings (SSSR count). The van der Waals surface area contributed by atoms with Crippen molar-refractivity contribution < 1.29 is 14.2 Å². The van der Waals surface area contributed by atoms with Crippen molar-refractivity contribution in [1.29, 1.82) is 0 Å². The number of H-pyrrole nitrogens is 1. The van der Waals surface area contributed by atoms with Crippen LogP contribution in [0, 0.1) is 0 Å². The van der Waals surface area contributed by atoms with Gasteiger partial charge in [-0.25, -0.2) is 4.68 Å². The highest BCUT2D eigenvalue weighted by Crippen LogP contribution is 2.33. The molecule has 35 heavy (non-hydrogen) atoms. The molecule has 0 amide bonds. The van der Waals surface area contributed by atoms with Crippen molar-refractivity contribution in [3.63, 3.8) is 0 Å². The van der Waals surface area contributed by atoms with Crippen molar-refractivity contribution in [3.8, 4) is 17.2 Å². The van der Waals surface area contributed by atoms with Crippen LogP contribution in [0.1, 0.15) is 37.7 Å². The van der Waals surface area contributed by atoms with Gasteiger partial charge in [0.05, 0.1) is 19.2 Å². The van der Waals surface area contributed by atoms with Crippen LogP contribution >= 0.6 is 0 Å². The second kappa shape index (κ2) is 9.03. The van der Waals surface area contributed by atoms with Crippen LogP contribution in [-0.4, -0.2) is 44.0 Å². The predicted molar refractivity (Wildman–Crippen MR) is 129 cm³/mol. The number of hydrogen-bond donors (Lipinski definition) is 1. The number of aromatic nitrogens is 5. The summed E-state index contributed by atoms with van der Waals surface area (Å²) in [6.45, 7) is 7.79. The van der Waals surface area contributed by atoms with Crippen molar-refractivity contribution in [1.82, 2.24) is 30.1 Å². The number of fused-ring (bicyclic) bond motifs is 2.